The Morgan fingerprint density at radius 2 is 1.30 bits per heavy atom. The van der Waals surface area contributed by atoms with Crippen LogP contribution < -0.4 is 9.47 Å². The second kappa shape index (κ2) is 12.2. The van der Waals surface area contributed by atoms with Gasteiger partial charge in [0.25, 0.3) is 0 Å². The molecule has 5 heteroatoms. The van der Waals surface area contributed by atoms with Crippen molar-refractivity contribution in [2.45, 2.75) is 20.0 Å². The minimum Gasteiger partial charge on any atom is -0.493 e. The molecule has 2 N–H and O–H groups in total. The summed E-state index contributed by atoms with van der Waals surface area (Å²) in [7, 11) is 0. The van der Waals surface area contributed by atoms with Crippen LogP contribution in [0.5, 0.6) is 11.5 Å². The van der Waals surface area contributed by atoms with E-state index >= 15 is 0 Å². The van der Waals surface area contributed by atoms with E-state index in [2.05, 4.69) is 19.1 Å². The van der Waals surface area contributed by atoms with E-state index in [9.17, 15) is 14.6 Å². The topological polar surface area (TPSA) is 58.9 Å². The van der Waals surface area contributed by atoms with E-state index in [0.717, 1.165) is 33.6 Å². The number of ether oxygens (including phenoxy) is 2. The summed E-state index contributed by atoms with van der Waals surface area (Å²) in [5, 5.41) is 18.6. The second-order valence-corrected chi connectivity index (χ2v) is 8.13. The van der Waals surface area contributed by atoms with Gasteiger partial charge in [0.2, 0.25) is 0 Å². The highest BCUT2D eigenvalue weighted by atomic mass is 19.1. The molecule has 3 aromatic rings. The van der Waals surface area contributed by atoms with Gasteiger partial charge in [0.15, 0.2) is 0 Å². The number of hydrogen-bond acceptors (Lipinski definition) is 4. The molecule has 0 radical (unpaired) electrons. The third-order valence-electron chi connectivity index (χ3n) is 5.33. The van der Waals surface area contributed by atoms with Crippen LogP contribution >= 0.6 is 0 Å². The summed E-state index contributed by atoms with van der Waals surface area (Å²) in [4.78, 5) is 0. The third kappa shape index (κ3) is 6.91. The molecule has 33 heavy (non-hydrogen) atoms. The molecule has 0 amide bonds. The van der Waals surface area contributed by atoms with Crippen LogP contribution in [0.2, 0.25) is 0 Å². The van der Waals surface area contributed by atoms with Crippen molar-refractivity contribution in [1.29, 1.82) is 0 Å². The zero-order valence-electron chi connectivity index (χ0n) is 19.1. The van der Waals surface area contributed by atoms with Crippen molar-refractivity contribution in [2.75, 3.05) is 26.5 Å². The van der Waals surface area contributed by atoms with Crippen LogP contribution in [-0.4, -0.2) is 42.8 Å². The molecular weight excluding hydrogens is 419 g/mol. The molecule has 0 spiro atoms. The molecule has 0 aliphatic heterocycles. The lowest BCUT2D eigenvalue weighted by Gasteiger charge is -2.16. The van der Waals surface area contributed by atoms with Crippen molar-refractivity contribution in [2.24, 2.45) is 5.92 Å². The van der Waals surface area contributed by atoms with Gasteiger partial charge in [-0.3, -0.25) is 0 Å². The predicted octanol–water partition coefficient (Wildman–Crippen LogP) is 5.38. The number of hydrogen-bond donors (Lipinski definition) is 2. The summed E-state index contributed by atoms with van der Waals surface area (Å²) < 4.78 is 23.7. The molecule has 0 saturated carbocycles. The van der Waals surface area contributed by atoms with Crippen molar-refractivity contribution in [3.8, 4) is 11.5 Å². The number of alkyl halides is 1. The van der Waals surface area contributed by atoms with Crippen LogP contribution in [0.3, 0.4) is 0 Å². The number of aliphatic hydroxyl groups excluding tert-OH is 2. The molecule has 2 unspecified atom stereocenters. The molecule has 0 heterocycles. The molecule has 0 aromatic heterocycles. The first-order valence-corrected chi connectivity index (χ1v) is 11.1. The van der Waals surface area contributed by atoms with Gasteiger partial charge in [-0.05, 0) is 59.0 Å². The Morgan fingerprint density at radius 3 is 1.79 bits per heavy atom. The molecule has 174 valence electrons. The van der Waals surface area contributed by atoms with Crippen molar-refractivity contribution in [3.05, 3.63) is 95.6 Å². The van der Waals surface area contributed by atoms with Gasteiger partial charge in [-0.25, -0.2) is 4.39 Å². The van der Waals surface area contributed by atoms with E-state index < -0.39 is 12.8 Å². The van der Waals surface area contributed by atoms with E-state index in [4.69, 9.17) is 9.47 Å². The fourth-order valence-electron chi connectivity index (χ4n) is 3.40. The van der Waals surface area contributed by atoms with Crippen LogP contribution in [0.25, 0.3) is 11.1 Å². The lowest BCUT2D eigenvalue weighted by atomic mass is 9.90. The van der Waals surface area contributed by atoms with Gasteiger partial charge in [-0.15, -0.1) is 0 Å². The number of rotatable bonds is 11. The van der Waals surface area contributed by atoms with Gasteiger partial charge >= 0.3 is 0 Å². The highest BCUT2D eigenvalue weighted by Crippen LogP contribution is 2.33. The minimum atomic E-state index is -1.12. The third-order valence-corrected chi connectivity index (χ3v) is 5.33. The average Bonchev–Trinajstić information content (AvgIpc) is 2.87. The summed E-state index contributed by atoms with van der Waals surface area (Å²) in [6.45, 7) is 3.66. The molecule has 0 aliphatic carbocycles. The van der Waals surface area contributed by atoms with Crippen LogP contribution in [0.15, 0.2) is 78.9 Å². The maximum Gasteiger partial charge on any atom is 0.119 e. The smallest absolute Gasteiger partial charge is 0.119 e. The van der Waals surface area contributed by atoms with E-state index in [1.807, 2.05) is 73.7 Å². The van der Waals surface area contributed by atoms with Gasteiger partial charge in [-0.1, -0.05) is 61.5 Å². The summed E-state index contributed by atoms with van der Waals surface area (Å²) in [5.41, 5.74) is 5.38. The van der Waals surface area contributed by atoms with Gasteiger partial charge in [0, 0.05) is 12.5 Å². The van der Waals surface area contributed by atoms with E-state index in [0.29, 0.717) is 12.4 Å². The standard InChI is InChI=1S/C28H31FO4/c1-20(17-30)18-32-26-12-8-23(9-13-26)28(21(2)22-6-4-3-5-7-22)24-10-14-27(15-11-24)33-19-25(31)16-29/h3-15,20,25,30-31H,16-19H2,1-2H3/b28-21+. The molecule has 2 atom stereocenters. The first-order valence-electron chi connectivity index (χ1n) is 11.1. The number of aliphatic hydroxyl groups is 2. The van der Waals surface area contributed by atoms with Gasteiger partial charge in [0.05, 0.1) is 6.61 Å². The highest BCUT2D eigenvalue weighted by Gasteiger charge is 2.12. The Hall–Kier alpha value is -3.15. The van der Waals surface area contributed by atoms with E-state index in [-0.39, 0.29) is 19.1 Å². The van der Waals surface area contributed by atoms with Crippen molar-refractivity contribution in [3.63, 3.8) is 0 Å². The van der Waals surface area contributed by atoms with Crippen LogP contribution in [-0.2, 0) is 0 Å². The van der Waals surface area contributed by atoms with Gasteiger partial charge in [0.1, 0.15) is 30.9 Å². The maximum absolute atomic E-state index is 12.5. The van der Waals surface area contributed by atoms with Crippen molar-refractivity contribution in [1.82, 2.24) is 0 Å². The van der Waals surface area contributed by atoms with Crippen LogP contribution in [0.1, 0.15) is 30.5 Å². The van der Waals surface area contributed by atoms with Gasteiger partial charge in [-0.2, -0.15) is 0 Å². The van der Waals surface area contributed by atoms with Gasteiger partial charge < -0.3 is 19.7 Å². The zero-order valence-corrected chi connectivity index (χ0v) is 19.1. The summed E-state index contributed by atoms with van der Waals surface area (Å²) >= 11 is 0. The highest BCUT2D eigenvalue weighted by molar-refractivity contribution is 5.97. The maximum atomic E-state index is 12.5. The van der Waals surface area contributed by atoms with Crippen LogP contribution in [0, 0.1) is 5.92 Å². The zero-order chi connectivity index (χ0) is 23.6. The Balaban J connectivity index is 1.91. The lowest BCUT2D eigenvalue weighted by molar-refractivity contribution is 0.0842. The van der Waals surface area contributed by atoms with E-state index in [1.54, 1.807) is 0 Å². The molecule has 3 aromatic carbocycles. The molecule has 0 saturated heterocycles. The predicted molar refractivity (Wildman–Crippen MR) is 130 cm³/mol. The normalized spacial score (nSPS) is 13.7. The molecule has 0 bridgehead atoms. The second-order valence-electron chi connectivity index (χ2n) is 8.13. The van der Waals surface area contributed by atoms with Crippen LogP contribution in [0.4, 0.5) is 4.39 Å². The Kier molecular flexibility index (Phi) is 9.04. The fourth-order valence-corrected chi connectivity index (χ4v) is 3.40. The minimum absolute atomic E-state index is 0.0761. The van der Waals surface area contributed by atoms with Crippen molar-refractivity contribution >= 4 is 11.1 Å². The summed E-state index contributed by atoms with van der Waals surface area (Å²) in [5.74, 6) is 1.41. The monoisotopic (exact) mass is 450 g/mol. The molecule has 0 fully saturated rings. The quantitative estimate of drug-likeness (QED) is 0.385. The number of benzene rings is 3. The lowest BCUT2D eigenvalue weighted by Crippen LogP contribution is -2.19. The summed E-state index contributed by atoms with van der Waals surface area (Å²) in [6, 6.07) is 25.7. The average molecular weight is 451 g/mol. The Labute approximate surface area is 194 Å². The molecule has 3 rings (SSSR count). The first kappa shape index (κ1) is 24.5. The number of halogens is 1. The number of allylic oxidation sites excluding steroid dienone is 1. The molecule has 4 nitrogen and oxygen atoms in total. The Bertz CT molecular complexity index is 955. The fraction of sp³-hybridized carbons (Fsp3) is 0.286. The SMILES string of the molecule is C/C(=C(/c1ccc(OCC(C)CO)cc1)c1ccc(OCC(O)CF)cc1)c1ccccc1. The molecular formula is C28H31FO4. The Morgan fingerprint density at radius 1 is 0.788 bits per heavy atom. The largest absolute Gasteiger partial charge is 0.493 e. The molecule has 0 aliphatic rings. The van der Waals surface area contributed by atoms with E-state index in [1.165, 1.54) is 0 Å². The van der Waals surface area contributed by atoms with Crippen molar-refractivity contribution < 1.29 is 24.1 Å². The first-order chi connectivity index (χ1) is 16.0. The summed E-state index contributed by atoms with van der Waals surface area (Å²) in [6.07, 6.45) is -1.12.